The Balaban J connectivity index is 1.86. The van der Waals surface area contributed by atoms with Gasteiger partial charge >= 0.3 is 0 Å². The summed E-state index contributed by atoms with van der Waals surface area (Å²) in [5.74, 6) is 3.06. The normalized spacial score (nSPS) is 26.0. The second kappa shape index (κ2) is 5.87. The maximum Gasteiger partial charge on any atom is 0.226 e. The van der Waals surface area contributed by atoms with E-state index < -0.39 is 0 Å². The highest BCUT2D eigenvalue weighted by Crippen LogP contribution is 2.31. The first-order valence-electron chi connectivity index (χ1n) is 7.87. The van der Waals surface area contributed by atoms with Crippen LogP contribution in [0.1, 0.15) is 40.0 Å². The predicted octanol–water partition coefficient (Wildman–Crippen LogP) is 3.02. The molecule has 2 unspecified atom stereocenters. The van der Waals surface area contributed by atoms with Gasteiger partial charge in [-0.05, 0) is 38.0 Å². The summed E-state index contributed by atoms with van der Waals surface area (Å²) in [5, 5.41) is 14.8. The number of nitrogens with zero attached hydrogens (tertiary/aromatic N) is 3. The first kappa shape index (κ1) is 14.1. The van der Waals surface area contributed by atoms with Gasteiger partial charge < -0.3 is 10.6 Å². The summed E-state index contributed by atoms with van der Waals surface area (Å²) in [6.07, 6.45) is 5.52. The van der Waals surface area contributed by atoms with Crippen LogP contribution in [0.15, 0.2) is 6.20 Å². The number of nitrogens with one attached hydrogen (secondary N) is 3. The molecule has 1 aliphatic carbocycles. The molecule has 21 heavy (non-hydrogen) atoms. The molecular formula is C15H24N6. The maximum atomic E-state index is 4.61. The monoisotopic (exact) mass is 288 g/mol. The lowest BCUT2D eigenvalue weighted by Gasteiger charge is -2.32. The Morgan fingerprint density at radius 3 is 2.67 bits per heavy atom. The lowest BCUT2D eigenvalue weighted by molar-refractivity contribution is 0.280. The van der Waals surface area contributed by atoms with Crippen molar-refractivity contribution in [2.75, 3.05) is 17.2 Å². The zero-order valence-electron chi connectivity index (χ0n) is 13.0. The molecule has 6 nitrogen and oxygen atoms in total. The van der Waals surface area contributed by atoms with E-state index in [4.69, 9.17) is 0 Å². The third-order valence-corrected chi connectivity index (χ3v) is 4.16. The third kappa shape index (κ3) is 3.09. The number of fused-ring (bicyclic) bond motifs is 1. The molecule has 0 radical (unpaired) electrons. The average molecular weight is 288 g/mol. The fraction of sp³-hybridized carbons (Fsp3) is 0.667. The molecule has 3 N–H and O–H groups in total. The highest BCUT2D eigenvalue weighted by atomic mass is 15.2. The van der Waals surface area contributed by atoms with Crippen LogP contribution >= 0.6 is 0 Å². The quantitative estimate of drug-likeness (QED) is 0.806. The first-order chi connectivity index (χ1) is 10.2. The summed E-state index contributed by atoms with van der Waals surface area (Å²) in [6.45, 7) is 7.51. The van der Waals surface area contributed by atoms with Crippen LogP contribution in [0.4, 0.5) is 11.8 Å². The smallest absolute Gasteiger partial charge is 0.226 e. The topological polar surface area (TPSA) is 78.5 Å². The summed E-state index contributed by atoms with van der Waals surface area (Å²) < 4.78 is 0. The number of anilines is 2. The Labute approximate surface area is 125 Å². The van der Waals surface area contributed by atoms with Crippen molar-refractivity contribution in [2.24, 2.45) is 11.8 Å². The molecule has 0 aliphatic heterocycles. The van der Waals surface area contributed by atoms with Crippen LogP contribution in [0.25, 0.3) is 11.0 Å². The Morgan fingerprint density at radius 1 is 1.19 bits per heavy atom. The molecule has 1 saturated carbocycles. The van der Waals surface area contributed by atoms with Crippen molar-refractivity contribution in [3.8, 4) is 0 Å². The van der Waals surface area contributed by atoms with Crippen LogP contribution in [-0.4, -0.2) is 32.8 Å². The van der Waals surface area contributed by atoms with Gasteiger partial charge in [0.05, 0.1) is 11.6 Å². The second-order valence-corrected chi connectivity index (χ2v) is 6.32. The number of hydrogen-bond donors (Lipinski definition) is 3. The van der Waals surface area contributed by atoms with Gasteiger partial charge in [0, 0.05) is 12.6 Å². The number of hydrogen-bond acceptors (Lipinski definition) is 5. The molecule has 2 aromatic heterocycles. The van der Waals surface area contributed by atoms with Gasteiger partial charge in [-0.1, -0.05) is 13.8 Å². The lowest BCUT2D eigenvalue weighted by atomic mass is 9.80. The summed E-state index contributed by atoms with van der Waals surface area (Å²) in [6, 6.07) is 0.478. The molecule has 0 aromatic carbocycles. The van der Waals surface area contributed by atoms with Crippen molar-refractivity contribution in [3.05, 3.63) is 6.20 Å². The van der Waals surface area contributed by atoms with Crippen molar-refractivity contribution in [1.82, 2.24) is 20.2 Å². The second-order valence-electron chi connectivity index (χ2n) is 6.32. The zero-order valence-corrected chi connectivity index (χ0v) is 13.0. The zero-order chi connectivity index (χ0) is 14.8. The summed E-state index contributed by atoms with van der Waals surface area (Å²) in [4.78, 5) is 9.04. The van der Waals surface area contributed by atoms with Crippen molar-refractivity contribution >= 4 is 22.8 Å². The van der Waals surface area contributed by atoms with Gasteiger partial charge in [-0.15, -0.1) is 0 Å². The third-order valence-electron chi connectivity index (χ3n) is 4.16. The Bertz CT molecular complexity index is 597. The molecular weight excluding hydrogens is 264 g/mol. The minimum atomic E-state index is 0.478. The highest BCUT2D eigenvalue weighted by Gasteiger charge is 2.24. The molecule has 114 valence electrons. The molecule has 0 saturated heterocycles. The van der Waals surface area contributed by atoms with Gasteiger partial charge in [0.1, 0.15) is 5.82 Å². The van der Waals surface area contributed by atoms with E-state index in [1.807, 2.05) is 6.92 Å². The van der Waals surface area contributed by atoms with Crippen molar-refractivity contribution in [1.29, 1.82) is 0 Å². The molecule has 1 aliphatic rings. The van der Waals surface area contributed by atoms with Gasteiger partial charge in [-0.25, -0.2) is 0 Å². The Kier molecular flexibility index (Phi) is 3.94. The number of rotatable bonds is 4. The van der Waals surface area contributed by atoms with Crippen molar-refractivity contribution < 1.29 is 0 Å². The van der Waals surface area contributed by atoms with E-state index in [1.165, 1.54) is 19.3 Å². The van der Waals surface area contributed by atoms with Crippen LogP contribution < -0.4 is 10.6 Å². The van der Waals surface area contributed by atoms with E-state index in [0.29, 0.717) is 12.0 Å². The number of H-pyrrole nitrogens is 1. The van der Waals surface area contributed by atoms with E-state index >= 15 is 0 Å². The van der Waals surface area contributed by atoms with Gasteiger partial charge in [-0.3, -0.25) is 5.10 Å². The molecule has 2 heterocycles. The van der Waals surface area contributed by atoms with E-state index in [1.54, 1.807) is 6.20 Å². The van der Waals surface area contributed by atoms with Crippen LogP contribution in [-0.2, 0) is 0 Å². The molecule has 2 aromatic rings. The van der Waals surface area contributed by atoms with Crippen LogP contribution in [0.5, 0.6) is 0 Å². The van der Waals surface area contributed by atoms with Crippen LogP contribution in [0, 0.1) is 11.8 Å². The summed E-state index contributed by atoms with van der Waals surface area (Å²) >= 11 is 0. The fourth-order valence-corrected chi connectivity index (χ4v) is 3.44. The van der Waals surface area contributed by atoms with Crippen molar-refractivity contribution in [2.45, 2.75) is 46.1 Å². The maximum absolute atomic E-state index is 4.61. The Morgan fingerprint density at radius 2 is 1.95 bits per heavy atom. The standard InChI is InChI=1S/C15H24N6/c1-4-16-15-19-13(12-8-17-21-14(12)20-15)18-11-6-9(2)5-10(3)7-11/h8-11H,4-7H2,1-3H3,(H3,16,17,18,19,20,21). The first-order valence-corrected chi connectivity index (χ1v) is 7.87. The summed E-state index contributed by atoms with van der Waals surface area (Å²) in [7, 11) is 0. The van der Waals surface area contributed by atoms with E-state index in [0.717, 1.165) is 35.2 Å². The van der Waals surface area contributed by atoms with Crippen LogP contribution in [0.2, 0.25) is 0 Å². The molecule has 0 bridgehead atoms. The van der Waals surface area contributed by atoms with E-state index in [9.17, 15) is 0 Å². The fourth-order valence-electron chi connectivity index (χ4n) is 3.44. The molecule has 3 rings (SSSR count). The molecule has 2 atom stereocenters. The van der Waals surface area contributed by atoms with Crippen molar-refractivity contribution in [3.63, 3.8) is 0 Å². The summed E-state index contributed by atoms with van der Waals surface area (Å²) in [5.41, 5.74) is 0.778. The number of aromatic nitrogens is 4. The van der Waals surface area contributed by atoms with E-state index in [-0.39, 0.29) is 0 Å². The SMILES string of the molecule is CCNc1nc(NC2CC(C)CC(C)C2)c2cn[nH]c2n1. The van der Waals surface area contributed by atoms with Gasteiger partial charge in [0.2, 0.25) is 5.95 Å². The minimum Gasteiger partial charge on any atom is -0.367 e. The molecule has 0 spiro atoms. The predicted molar refractivity (Wildman–Crippen MR) is 85.4 cm³/mol. The molecule has 1 fully saturated rings. The largest absolute Gasteiger partial charge is 0.367 e. The lowest BCUT2D eigenvalue weighted by Crippen LogP contribution is -2.30. The van der Waals surface area contributed by atoms with Gasteiger partial charge in [0.15, 0.2) is 5.65 Å². The highest BCUT2D eigenvalue weighted by molar-refractivity contribution is 5.87. The van der Waals surface area contributed by atoms with E-state index in [2.05, 4.69) is 44.6 Å². The molecule has 0 amide bonds. The average Bonchev–Trinajstić information content (AvgIpc) is 2.86. The Hall–Kier alpha value is -1.85. The van der Waals surface area contributed by atoms with Gasteiger partial charge in [-0.2, -0.15) is 15.1 Å². The minimum absolute atomic E-state index is 0.478. The molecule has 6 heteroatoms. The van der Waals surface area contributed by atoms with Crippen LogP contribution in [0.3, 0.4) is 0 Å². The number of aromatic amines is 1. The van der Waals surface area contributed by atoms with Gasteiger partial charge in [0.25, 0.3) is 0 Å².